The van der Waals surface area contributed by atoms with E-state index in [-0.39, 0.29) is 5.78 Å². The summed E-state index contributed by atoms with van der Waals surface area (Å²) < 4.78 is 1.03. The highest BCUT2D eigenvalue weighted by atomic mass is 127. The molecule has 0 heterocycles. The predicted molar refractivity (Wildman–Crippen MR) is 91.3 cm³/mol. The van der Waals surface area contributed by atoms with Gasteiger partial charge in [0.15, 0.2) is 5.78 Å². The molecule has 2 heteroatoms. The van der Waals surface area contributed by atoms with Crippen LogP contribution in [0.25, 0.3) is 10.8 Å². The summed E-state index contributed by atoms with van der Waals surface area (Å²) in [5.74, 6) is 0.0925. The van der Waals surface area contributed by atoms with Crippen LogP contribution in [0.3, 0.4) is 0 Å². The molecule has 0 aliphatic heterocycles. The van der Waals surface area contributed by atoms with Crippen molar-refractivity contribution < 1.29 is 4.79 Å². The summed E-state index contributed by atoms with van der Waals surface area (Å²) in [6.07, 6.45) is 0. The second-order valence-electron chi connectivity index (χ2n) is 4.79. The first-order valence-electron chi connectivity index (χ1n) is 6.46. The van der Waals surface area contributed by atoms with Crippen LogP contribution in [-0.2, 0) is 0 Å². The molecule has 98 valence electrons. The Bertz CT molecular complexity index is 800. The SMILES string of the molecule is Cc1cccc(C(=O)c2cccc3ccccc23)c1I. The van der Waals surface area contributed by atoms with Crippen molar-refractivity contribution in [3.63, 3.8) is 0 Å². The molecule has 0 spiro atoms. The Hall–Kier alpha value is -1.68. The molecule has 0 amide bonds. The third-order valence-corrected chi connectivity index (χ3v) is 4.90. The fourth-order valence-corrected chi connectivity index (χ4v) is 3.00. The number of halogens is 1. The lowest BCUT2D eigenvalue weighted by Gasteiger charge is -2.09. The number of ketones is 1. The van der Waals surface area contributed by atoms with Crippen molar-refractivity contribution in [2.45, 2.75) is 6.92 Å². The number of carbonyl (C=O) groups excluding carboxylic acids is 1. The smallest absolute Gasteiger partial charge is 0.194 e. The molecule has 3 aromatic rings. The van der Waals surface area contributed by atoms with E-state index in [1.807, 2.05) is 67.6 Å². The third kappa shape index (κ3) is 2.24. The highest BCUT2D eigenvalue weighted by molar-refractivity contribution is 14.1. The van der Waals surface area contributed by atoms with E-state index in [9.17, 15) is 4.79 Å². The van der Waals surface area contributed by atoms with Gasteiger partial charge in [-0.2, -0.15) is 0 Å². The minimum atomic E-state index is 0.0925. The first-order chi connectivity index (χ1) is 9.68. The third-order valence-electron chi connectivity index (χ3n) is 3.47. The largest absolute Gasteiger partial charge is 0.289 e. The van der Waals surface area contributed by atoms with Gasteiger partial charge >= 0.3 is 0 Å². The zero-order chi connectivity index (χ0) is 14.1. The van der Waals surface area contributed by atoms with Crippen molar-refractivity contribution in [2.24, 2.45) is 0 Å². The molecule has 1 nitrogen and oxygen atoms in total. The van der Waals surface area contributed by atoms with Gasteiger partial charge in [0.1, 0.15) is 0 Å². The van der Waals surface area contributed by atoms with Crippen molar-refractivity contribution in [3.8, 4) is 0 Å². The average molecular weight is 372 g/mol. The van der Waals surface area contributed by atoms with Crippen molar-refractivity contribution in [3.05, 3.63) is 80.9 Å². The molecule has 0 aromatic heterocycles. The summed E-state index contributed by atoms with van der Waals surface area (Å²) in [4.78, 5) is 12.8. The molecular weight excluding hydrogens is 359 g/mol. The van der Waals surface area contributed by atoms with Gasteiger partial charge in [-0.05, 0) is 51.9 Å². The molecule has 20 heavy (non-hydrogen) atoms. The molecule has 3 rings (SSSR count). The van der Waals surface area contributed by atoms with E-state index < -0.39 is 0 Å². The average Bonchev–Trinajstić information content (AvgIpc) is 2.49. The molecule has 0 fully saturated rings. The number of hydrogen-bond acceptors (Lipinski definition) is 1. The fourth-order valence-electron chi connectivity index (χ4n) is 2.39. The zero-order valence-electron chi connectivity index (χ0n) is 11.1. The number of aryl methyl sites for hydroxylation is 1. The lowest BCUT2D eigenvalue weighted by molar-refractivity contribution is 0.103. The van der Waals surface area contributed by atoms with E-state index >= 15 is 0 Å². The van der Waals surface area contributed by atoms with Crippen molar-refractivity contribution in [1.29, 1.82) is 0 Å². The summed E-state index contributed by atoms with van der Waals surface area (Å²) in [6.45, 7) is 2.03. The van der Waals surface area contributed by atoms with Crippen molar-refractivity contribution in [2.75, 3.05) is 0 Å². The van der Waals surface area contributed by atoms with E-state index in [2.05, 4.69) is 22.6 Å². The van der Waals surface area contributed by atoms with Gasteiger partial charge in [-0.1, -0.05) is 54.6 Å². The van der Waals surface area contributed by atoms with Gasteiger partial charge in [-0.3, -0.25) is 4.79 Å². The summed E-state index contributed by atoms with van der Waals surface area (Å²) in [5, 5.41) is 2.11. The van der Waals surface area contributed by atoms with Gasteiger partial charge < -0.3 is 0 Å². The quantitative estimate of drug-likeness (QED) is 0.458. The van der Waals surface area contributed by atoms with Gasteiger partial charge in [0.2, 0.25) is 0 Å². The van der Waals surface area contributed by atoms with Crippen LogP contribution in [0.15, 0.2) is 60.7 Å². The standard InChI is InChI=1S/C18H13IO/c1-12-6-4-11-16(17(12)19)18(20)15-10-5-8-13-7-2-3-9-14(13)15/h2-11H,1H3. The topological polar surface area (TPSA) is 17.1 Å². The first kappa shape index (κ1) is 13.3. The molecule has 0 atom stereocenters. The van der Waals surface area contributed by atoms with E-state index in [0.29, 0.717) is 0 Å². The summed E-state index contributed by atoms with van der Waals surface area (Å²) >= 11 is 2.25. The lowest BCUT2D eigenvalue weighted by Crippen LogP contribution is -2.05. The Morgan fingerprint density at radius 3 is 2.35 bits per heavy atom. The van der Waals surface area contributed by atoms with Crippen LogP contribution in [0.4, 0.5) is 0 Å². The maximum atomic E-state index is 12.8. The van der Waals surface area contributed by atoms with E-state index in [0.717, 1.165) is 31.0 Å². The first-order valence-corrected chi connectivity index (χ1v) is 7.54. The second-order valence-corrected chi connectivity index (χ2v) is 5.87. The molecular formula is C18H13IO. The molecule has 0 bridgehead atoms. The number of hydrogen-bond donors (Lipinski definition) is 0. The molecule has 0 aliphatic carbocycles. The number of fused-ring (bicyclic) bond motifs is 1. The Morgan fingerprint density at radius 2 is 1.50 bits per heavy atom. The lowest BCUT2D eigenvalue weighted by atomic mass is 9.96. The van der Waals surface area contributed by atoms with Gasteiger partial charge in [0.25, 0.3) is 0 Å². The predicted octanol–water partition coefficient (Wildman–Crippen LogP) is 4.98. The number of carbonyl (C=O) groups is 1. The molecule has 0 saturated carbocycles. The van der Waals surface area contributed by atoms with Crippen LogP contribution in [0, 0.1) is 10.5 Å². The molecule has 0 aliphatic rings. The minimum Gasteiger partial charge on any atom is -0.289 e. The maximum absolute atomic E-state index is 12.8. The van der Waals surface area contributed by atoms with Crippen LogP contribution < -0.4 is 0 Å². The highest BCUT2D eigenvalue weighted by Gasteiger charge is 2.15. The summed E-state index contributed by atoms with van der Waals surface area (Å²) in [7, 11) is 0. The van der Waals surface area contributed by atoms with Gasteiger partial charge in [0.05, 0.1) is 0 Å². The van der Waals surface area contributed by atoms with Crippen LogP contribution in [-0.4, -0.2) is 5.78 Å². The molecule has 0 N–H and O–H groups in total. The molecule has 0 radical (unpaired) electrons. The second kappa shape index (κ2) is 5.37. The normalized spacial score (nSPS) is 10.7. The van der Waals surface area contributed by atoms with Crippen molar-refractivity contribution in [1.82, 2.24) is 0 Å². The van der Waals surface area contributed by atoms with Crippen LogP contribution in [0.5, 0.6) is 0 Å². The van der Waals surface area contributed by atoms with E-state index in [1.54, 1.807) is 0 Å². The summed E-state index contributed by atoms with van der Waals surface area (Å²) in [5.41, 5.74) is 2.69. The molecule has 0 saturated heterocycles. The Labute approximate surface area is 131 Å². The van der Waals surface area contributed by atoms with Crippen molar-refractivity contribution >= 4 is 39.1 Å². The Morgan fingerprint density at radius 1 is 0.850 bits per heavy atom. The van der Waals surface area contributed by atoms with Crippen LogP contribution >= 0.6 is 22.6 Å². The number of rotatable bonds is 2. The van der Waals surface area contributed by atoms with Gasteiger partial charge in [-0.15, -0.1) is 0 Å². The summed E-state index contributed by atoms with van der Waals surface area (Å²) in [6, 6.07) is 19.8. The Kier molecular flexibility index (Phi) is 3.57. The highest BCUT2D eigenvalue weighted by Crippen LogP contribution is 2.24. The fraction of sp³-hybridized carbons (Fsp3) is 0.0556. The maximum Gasteiger partial charge on any atom is 0.194 e. The van der Waals surface area contributed by atoms with Gasteiger partial charge in [-0.25, -0.2) is 0 Å². The Balaban J connectivity index is 2.21. The zero-order valence-corrected chi connectivity index (χ0v) is 13.2. The van der Waals surface area contributed by atoms with Crippen LogP contribution in [0.1, 0.15) is 21.5 Å². The van der Waals surface area contributed by atoms with Gasteiger partial charge in [0, 0.05) is 14.7 Å². The molecule has 3 aromatic carbocycles. The number of benzene rings is 3. The minimum absolute atomic E-state index is 0.0925. The van der Waals surface area contributed by atoms with Crippen LogP contribution in [0.2, 0.25) is 0 Å². The molecule has 0 unspecified atom stereocenters. The monoisotopic (exact) mass is 372 g/mol. The van der Waals surface area contributed by atoms with E-state index in [1.165, 1.54) is 0 Å². The van der Waals surface area contributed by atoms with E-state index in [4.69, 9.17) is 0 Å².